The van der Waals surface area contributed by atoms with Gasteiger partial charge in [0, 0.05) is 37.2 Å². The Bertz CT molecular complexity index is 503. The number of hydrogen-bond donors (Lipinski definition) is 0. The number of likely N-dealkylation sites (tertiary alicyclic amines) is 1. The Morgan fingerprint density at radius 3 is 2.76 bits per heavy atom. The second-order valence-electron chi connectivity index (χ2n) is 5.72. The van der Waals surface area contributed by atoms with Crippen molar-refractivity contribution in [3.8, 4) is 0 Å². The van der Waals surface area contributed by atoms with Crippen LogP contribution in [0.5, 0.6) is 0 Å². The van der Waals surface area contributed by atoms with Crippen molar-refractivity contribution in [3.05, 3.63) is 34.3 Å². The number of hydrogen-bond acceptors (Lipinski definition) is 3. The Kier molecular flexibility index (Phi) is 4.93. The summed E-state index contributed by atoms with van der Waals surface area (Å²) in [4.78, 5) is 16.7. The third kappa shape index (κ3) is 3.65. The highest BCUT2D eigenvalue weighted by molar-refractivity contribution is 9.10. The molecule has 0 aromatic heterocycles. The predicted octanol–water partition coefficient (Wildman–Crippen LogP) is 2.27. The van der Waals surface area contributed by atoms with E-state index in [4.69, 9.17) is 4.74 Å². The van der Waals surface area contributed by atoms with Gasteiger partial charge in [-0.2, -0.15) is 0 Å². The van der Waals surface area contributed by atoms with Gasteiger partial charge in [-0.05, 0) is 24.5 Å². The molecule has 2 saturated heterocycles. The Labute approximate surface area is 134 Å². The molecule has 2 aliphatic rings. The lowest BCUT2D eigenvalue weighted by Gasteiger charge is -2.34. The summed E-state index contributed by atoms with van der Waals surface area (Å²) < 4.78 is 6.83. The number of ether oxygens (including phenoxy) is 1. The SMILES string of the molecule is O=C(C1CN(Cc2ccccc2Br)CCO1)N1CCCC1. The van der Waals surface area contributed by atoms with Crippen LogP contribution in [0.1, 0.15) is 18.4 Å². The van der Waals surface area contributed by atoms with Gasteiger partial charge in [0.25, 0.3) is 5.91 Å². The molecule has 1 amide bonds. The summed E-state index contributed by atoms with van der Waals surface area (Å²) in [5.74, 6) is 0.171. The number of halogens is 1. The average Bonchev–Trinajstić information content (AvgIpc) is 3.03. The first-order valence-corrected chi connectivity index (χ1v) is 8.39. The first kappa shape index (κ1) is 15.0. The molecule has 0 radical (unpaired) electrons. The lowest BCUT2D eigenvalue weighted by Crippen LogP contribution is -2.50. The molecule has 0 N–H and O–H groups in total. The fourth-order valence-corrected chi connectivity index (χ4v) is 3.41. The largest absolute Gasteiger partial charge is 0.366 e. The van der Waals surface area contributed by atoms with Gasteiger partial charge in [-0.15, -0.1) is 0 Å². The van der Waals surface area contributed by atoms with Crippen molar-refractivity contribution in [2.75, 3.05) is 32.8 Å². The minimum absolute atomic E-state index is 0.171. The van der Waals surface area contributed by atoms with Crippen LogP contribution in [0.25, 0.3) is 0 Å². The zero-order chi connectivity index (χ0) is 14.7. The molecule has 0 aliphatic carbocycles. The van der Waals surface area contributed by atoms with Crippen LogP contribution in [-0.2, 0) is 16.1 Å². The molecule has 1 aromatic rings. The zero-order valence-electron chi connectivity index (χ0n) is 12.1. The van der Waals surface area contributed by atoms with Crippen LogP contribution >= 0.6 is 15.9 Å². The predicted molar refractivity (Wildman–Crippen MR) is 85.0 cm³/mol. The summed E-state index contributed by atoms with van der Waals surface area (Å²) in [5, 5.41) is 0. The molecule has 4 nitrogen and oxygen atoms in total. The van der Waals surface area contributed by atoms with Gasteiger partial charge in [-0.25, -0.2) is 0 Å². The average molecular weight is 353 g/mol. The first-order chi connectivity index (χ1) is 10.2. The number of carbonyl (C=O) groups is 1. The van der Waals surface area contributed by atoms with Crippen LogP contribution in [0, 0.1) is 0 Å². The Balaban J connectivity index is 1.60. The number of morpholine rings is 1. The Morgan fingerprint density at radius 1 is 1.24 bits per heavy atom. The highest BCUT2D eigenvalue weighted by atomic mass is 79.9. The van der Waals surface area contributed by atoms with Crippen molar-refractivity contribution in [2.24, 2.45) is 0 Å². The molecule has 1 aromatic carbocycles. The van der Waals surface area contributed by atoms with Gasteiger partial charge in [0.2, 0.25) is 0 Å². The van der Waals surface area contributed by atoms with Gasteiger partial charge in [-0.1, -0.05) is 34.1 Å². The van der Waals surface area contributed by atoms with Gasteiger partial charge in [0.1, 0.15) is 6.10 Å². The maximum Gasteiger partial charge on any atom is 0.253 e. The minimum Gasteiger partial charge on any atom is -0.366 e. The summed E-state index contributed by atoms with van der Waals surface area (Å²) in [6.45, 7) is 4.84. The summed E-state index contributed by atoms with van der Waals surface area (Å²) in [6, 6.07) is 8.25. The highest BCUT2D eigenvalue weighted by Gasteiger charge is 2.31. The fourth-order valence-electron chi connectivity index (χ4n) is 3.00. The zero-order valence-corrected chi connectivity index (χ0v) is 13.7. The van der Waals surface area contributed by atoms with E-state index in [1.54, 1.807) is 0 Å². The van der Waals surface area contributed by atoms with E-state index in [0.29, 0.717) is 13.2 Å². The third-order valence-electron chi connectivity index (χ3n) is 4.20. The monoisotopic (exact) mass is 352 g/mol. The lowest BCUT2D eigenvalue weighted by molar-refractivity contribution is -0.148. The highest BCUT2D eigenvalue weighted by Crippen LogP contribution is 2.20. The molecule has 2 heterocycles. The number of carbonyl (C=O) groups excluding carboxylic acids is 1. The van der Waals surface area contributed by atoms with Crippen molar-refractivity contribution in [1.82, 2.24) is 9.80 Å². The molecule has 1 unspecified atom stereocenters. The quantitative estimate of drug-likeness (QED) is 0.836. The molecule has 5 heteroatoms. The molecule has 2 aliphatic heterocycles. The van der Waals surface area contributed by atoms with Crippen LogP contribution < -0.4 is 0 Å². The van der Waals surface area contributed by atoms with E-state index >= 15 is 0 Å². The molecule has 2 fully saturated rings. The van der Waals surface area contributed by atoms with Crippen LogP contribution in [0.3, 0.4) is 0 Å². The molecular weight excluding hydrogens is 332 g/mol. The van der Waals surface area contributed by atoms with Gasteiger partial charge >= 0.3 is 0 Å². The topological polar surface area (TPSA) is 32.8 Å². The normalized spacial score (nSPS) is 23.5. The van der Waals surface area contributed by atoms with Crippen molar-refractivity contribution in [3.63, 3.8) is 0 Å². The Hall–Kier alpha value is -0.910. The molecule has 114 valence electrons. The van der Waals surface area contributed by atoms with Crippen LogP contribution in [0.15, 0.2) is 28.7 Å². The molecule has 0 bridgehead atoms. The maximum absolute atomic E-state index is 12.4. The number of nitrogens with zero attached hydrogens (tertiary/aromatic N) is 2. The lowest BCUT2D eigenvalue weighted by atomic mass is 10.2. The summed E-state index contributed by atoms with van der Waals surface area (Å²) in [5.41, 5.74) is 1.26. The van der Waals surface area contributed by atoms with E-state index in [2.05, 4.69) is 33.0 Å². The minimum atomic E-state index is -0.292. The van der Waals surface area contributed by atoms with Crippen molar-refractivity contribution >= 4 is 21.8 Å². The number of amides is 1. The Morgan fingerprint density at radius 2 is 2.00 bits per heavy atom. The summed E-state index contributed by atoms with van der Waals surface area (Å²) in [7, 11) is 0. The van der Waals surface area contributed by atoms with Gasteiger partial charge in [-0.3, -0.25) is 9.69 Å². The van der Waals surface area contributed by atoms with E-state index in [-0.39, 0.29) is 12.0 Å². The summed E-state index contributed by atoms with van der Waals surface area (Å²) in [6.07, 6.45) is 1.96. The molecule has 3 rings (SSSR count). The van der Waals surface area contributed by atoms with E-state index in [9.17, 15) is 4.79 Å². The second kappa shape index (κ2) is 6.90. The van der Waals surface area contributed by atoms with E-state index in [1.165, 1.54) is 5.56 Å². The van der Waals surface area contributed by atoms with Gasteiger partial charge in [0.05, 0.1) is 6.61 Å². The summed E-state index contributed by atoms with van der Waals surface area (Å²) >= 11 is 3.59. The van der Waals surface area contributed by atoms with E-state index in [0.717, 1.165) is 43.5 Å². The fraction of sp³-hybridized carbons (Fsp3) is 0.562. The molecule has 0 saturated carbocycles. The number of benzene rings is 1. The van der Waals surface area contributed by atoms with Crippen molar-refractivity contribution in [1.29, 1.82) is 0 Å². The van der Waals surface area contributed by atoms with Crippen molar-refractivity contribution < 1.29 is 9.53 Å². The van der Waals surface area contributed by atoms with E-state index in [1.807, 2.05) is 17.0 Å². The van der Waals surface area contributed by atoms with Gasteiger partial charge in [0.15, 0.2) is 0 Å². The standard InChI is InChI=1S/C16H21BrN2O2/c17-14-6-2-1-5-13(14)11-18-9-10-21-15(12-18)16(20)19-7-3-4-8-19/h1-2,5-6,15H,3-4,7-12H2. The first-order valence-electron chi connectivity index (χ1n) is 7.60. The van der Waals surface area contributed by atoms with Crippen LogP contribution in [0.2, 0.25) is 0 Å². The second-order valence-corrected chi connectivity index (χ2v) is 6.57. The molecule has 21 heavy (non-hydrogen) atoms. The smallest absolute Gasteiger partial charge is 0.253 e. The van der Waals surface area contributed by atoms with Crippen LogP contribution in [-0.4, -0.2) is 54.6 Å². The molecule has 1 atom stereocenters. The van der Waals surface area contributed by atoms with Gasteiger partial charge < -0.3 is 9.64 Å². The maximum atomic E-state index is 12.4. The van der Waals surface area contributed by atoms with E-state index < -0.39 is 0 Å². The van der Waals surface area contributed by atoms with Crippen molar-refractivity contribution in [2.45, 2.75) is 25.5 Å². The van der Waals surface area contributed by atoms with Crippen LogP contribution in [0.4, 0.5) is 0 Å². The molecular formula is C16H21BrN2O2. The number of rotatable bonds is 3. The molecule has 0 spiro atoms. The third-order valence-corrected chi connectivity index (χ3v) is 4.97.